The van der Waals surface area contributed by atoms with E-state index < -0.39 is 10.0 Å². The maximum absolute atomic E-state index is 13.2. The van der Waals surface area contributed by atoms with E-state index in [1.807, 2.05) is 4.90 Å². The Kier molecular flexibility index (Phi) is 6.15. The van der Waals surface area contributed by atoms with Gasteiger partial charge in [-0.2, -0.15) is 4.31 Å². The molecule has 3 aliphatic rings. The minimum absolute atomic E-state index is 0. The number of para-hydroxylation sites is 1. The van der Waals surface area contributed by atoms with Crippen LogP contribution < -0.4 is 14.8 Å². The molecule has 8 nitrogen and oxygen atoms in total. The average Bonchev–Trinajstić information content (AvgIpc) is 2.68. The molecule has 1 amide bonds. The molecule has 0 aromatic heterocycles. The number of sulfonamides is 1. The molecule has 150 valence electrons. The summed E-state index contributed by atoms with van der Waals surface area (Å²) in [6.45, 7) is 3.19. The van der Waals surface area contributed by atoms with E-state index in [2.05, 4.69) is 5.32 Å². The van der Waals surface area contributed by atoms with Gasteiger partial charge in [-0.3, -0.25) is 4.79 Å². The van der Waals surface area contributed by atoms with Crippen LogP contribution in [0.5, 0.6) is 11.5 Å². The zero-order valence-electron chi connectivity index (χ0n) is 14.9. The van der Waals surface area contributed by atoms with Crippen LogP contribution in [0, 0.1) is 0 Å². The number of benzene rings is 1. The number of piperidine rings is 1. The van der Waals surface area contributed by atoms with Gasteiger partial charge >= 0.3 is 0 Å². The number of carbonyl (C=O) groups excluding carboxylic acids is 1. The molecule has 1 N–H and O–H groups in total. The SMILES string of the molecule is Cl.O=C1CNCCN1C1CCCN(S(=O)(=O)c2cccc3c2OCCO3)C1. The van der Waals surface area contributed by atoms with Crippen LogP contribution in [0.25, 0.3) is 0 Å². The molecule has 1 aromatic carbocycles. The van der Waals surface area contributed by atoms with Gasteiger partial charge in [0, 0.05) is 32.2 Å². The second-order valence-electron chi connectivity index (χ2n) is 6.70. The normalized spacial score (nSPS) is 23.6. The Morgan fingerprint density at radius 1 is 1.15 bits per heavy atom. The van der Waals surface area contributed by atoms with Crippen LogP contribution in [-0.2, 0) is 14.8 Å². The lowest BCUT2D eigenvalue weighted by atomic mass is 10.1. The highest BCUT2D eigenvalue weighted by Gasteiger charge is 2.37. The number of ether oxygens (including phenoxy) is 2. The molecule has 1 atom stereocenters. The first kappa shape index (κ1) is 20.2. The minimum Gasteiger partial charge on any atom is -0.486 e. The van der Waals surface area contributed by atoms with Crippen LogP contribution in [0.1, 0.15) is 12.8 Å². The second kappa shape index (κ2) is 8.22. The third-order valence-corrected chi connectivity index (χ3v) is 6.96. The summed E-state index contributed by atoms with van der Waals surface area (Å²) >= 11 is 0. The van der Waals surface area contributed by atoms with Crippen molar-refractivity contribution in [2.45, 2.75) is 23.8 Å². The number of piperazine rings is 1. The van der Waals surface area contributed by atoms with Crippen molar-refractivity contribution in [2.24, 2.45) is 0 Å². The highest BCUT2D eigenvalue weighted by Crippen LogP contribution is 2.38. The molecule has 3 heterocycles. The fourth-order valence-corrected chi connectivity index (χ4v) is 5.45. The zero-order chi connectivity index (χ0) is 18.1. The maximum atomic E-state index is 13.2. The van der Waals surface area contributed by atoms with Gasteiger partial charge in [-0.1, -0.05) is 6.07 Å². The monoisotopic (exact) mass is 417 g/mol. The van der Waals surface area contributed by atoms with E-state index in [4.69, 9.17) is 9.47 Å². The summed E-state index contributed by atoms with van der Waals surface area (Å²) in [4.78, 5) is 14.1. The zero-order valence-corrected chi connectivity index (χ0v) is 16.6. The summed E-state index contributed by atoms with van der Waals surface area (Å²) in [5.74, 6) is 0.789. The largest absolute Gasteiger partial charge is 0.486 e. The first-order chi connectivity index (χ1) is 12.6. The lowest BCUT2D eigenvalue weighted by Gasteiger charge is -2.40. The number of rotatable bonds is 3. The van der Waals surface area contributed by atoms with Crippen LogP contribution in [0.3, 0.4) is 0 Å². The first-order valence-corrected chi connectivity index (χ1v) is 10.4. The number of carbonyl (C=O) groups is 1. The number of hydrogen-bond donors (Lipinski definition) is 1. The highest BCUT2D eigenvalue weighted by molar-refractivity contribution is 7.89. The van der Waals surface area contributed by atoms with E-state index in [0.717, 1.165) is 19.4 Å². The Morgan fingerprint density at radius 2 is 1.96 bits per heavy atom. The molecule has 0 bridgehead atoms. The number of hydrogen-bond acceptors (Lipinski definition) is 6. The maximum Gasteiger partial charge on any atom is 0.246 e. The van der Waals surface area contributed by atoms with Gasteiger partial charge < -0.3 is 19.7 Å². The predicted molar refractivity (Wildman–Crippen MR) is 101 cm³/mol. The quantitative estimate of drug-likeness (QED) is 0.769. The van der Waals surface area contributed by atoms with Crippen LogP contribution >= 0.6 is 12.4 Å². The topological polar surface area (TPSA) is 88.2 Å². The fraction of sp³-hybridized carbons (Fsp3) is 0.588. The summed E-state index contributed by atoms with van der Waals surface area (Å²) in [5.41, 5.74) is 0. The van der Waals surface area contributed by atoms with Crippen LogP contribution in [0.2, 0.25) is 0 Å². The molecule has 1 aromatic rings. The van der Waals surface area contributed by atoms with Gasteiger partial charge in [-0.05, 0) is 25.0 Å². The molecule has 0 aliphatic carbocycles. The molecule has 27 heavy (non-hydrogen) atoms. The third kappa shape index (κ3) is 3.87. The molecule has 3 aliphatic heterocycles. The van der Waals surface area contributed by atoms with Gasteiger partial charge in [0.15, 0.2) is 11.5 Å². The number of amides is 1. The van der Waals surface area contributed by atoms with E-state index >= 15 is 0 Å². The van der Waals surface area contributed by atoms with Crippen molar-refractivity contribution in [3.05, 3.63) is 18.2 Å². The van der Waals surface area contributed by atoms with E-state index in [-0.39, 0.29) is 29.3 Å². The molecule has 1 unspecified atom stereocenters. The van der Waals surface area contributed by atoms with Crippen LogP contribution in [0.4, 0.5) is 0 Å². The molecule has 0 spiro atoms. The lowest BCUT2D eigenvalue weighted by Crippen LogP contribution is -2.57. The van der Waals surface area contributed by atoms with E-state index in [1.54, 1.807) is 18.2 Å². The van der Waals surface area contributed by atoms with Gasteiger partial charge in [0.1, 0.15) is 18.1 Å². The molecule has 0 saturated carbocycles. The summed E-state index contributed by atoms with van der Waals surface area (Å²) in [7, 11) is -3.72. The molecule has 2 fully saturated rings. The summed E-state index contributed by atoms with van der Waals surface area (Å²) in [5, 5.41) is 3.05. The number of nitrogens with zero attached hydrogens (tertiary/aromatic N) is 2. The fourth-order valence-electron chi connectivity index (χ4n) is 3.79. The molecular formula is C17H24ClN3O5S. The van der Waals surface area contributed by atoms with Gasteiger partial charge in [-0.25, -0.2) is 8.42 Å². The standard InChI is InChI=1S/C17H23N3O5S.ClH/c21-16-11-18-6-8-20(16)13-3-2-7-19(12-13)26(22,23)15-5-1-4-14-17(15)25-10-9-24-14;/h1,4-5,13,18H,2-3,6-12H2;1H. The predicted octanol–water partition coefficient (Wildman–Crippen LogP) is 0.465. The Labute approximate surface area is 165 Å². The van der Waals surface area contributed by atoms with Crippen molar-refractivity contribution in [2.75, 3.05) is 45.9 Å². The van der Waals surface area contributed by atoms with Gasteiger partial charge in [-0.15, -0.1) is 12.4 Å². The molecule has 4 rings (SSSR count). The second-order valence-corrected chi connectivity index (χ2v) is 8.61. The summed E-state index contributed by atoms with van der Waals surface area (Å²) in [6, 6.07) is 4.86. The molecule has 2 saturated heterocycles. The smallest absolute Gasteiger partial charge is 0.246 e. The Balaban J connectivity index is 0.00000210. The highest BCUT2D eigenvalue weighted by atomic mass is 35.5. The summed E-state index contributed by atoms with van der Waals surface area (Å²) < 4.78 is 39.1. The molecule has 10 heteroatoms. The van der Waals surface area contributed by atoms with Crippen LogP contribution in [0.15, 0.2) is 23.1 Å². The molecular weight excluding hydrogens is 394 g/mol. The minimum atomic E-state index is -3.72. The number of halogens is 1. The third-order valence-electron chi connectivity index (χ3n) is 5.07. The number of fused-ring (bicyclic) bond motifs is 1. The average molecular weight is 418 g/mol. The van der Waals surface area contributed by atoms with Crippen molar-refractivity contribution in [1.82, 2.24) is 14.5 Å². The Morgan fingerprint density at radius 3 is 2.78 bits per heavy atom. The lowest BCUT2D eigenvalue weighted by molar-refractivity contribution is -0.135. The van der Waals surface area contributed by atoms with Gasteiger partial charge in [0.05, 0.1) is 6.54 Å². The number of nitrogens with one attached hydrogen (secondary N) is 1. The Hall–Kier alpha value is -1.55. The van der Waals surface area contributed by atoms with E-state index in [1.165, 1.54) is 4.31 Å². The van der Waals surface area contributed by atoms with Crippen molar-refractivity contribution in [3.8, 4) is 11.5 Å². The van der Waals surface area contributed by atoms with Crippen molar-refractivity contribution in [1.29, 1.82) is 0 Å². The first-order valence-electron chi connectivity index (χ1n) is 8.96. The van der Waals surface area contributed by atoms with Crippen molar-refractivity contribution in [3.63, 3.8) is 0 Å². The van der Waals surface area contributed by atoms with Gasteiger partial charge in [0.25, 0.3) is 0 Å². The van der Waals surface area contributed by atoms with E-state index in [0.29, 0.717) is 50.9 Å². The van der Waals surface area contributed by atoms with Crippen molar-refractivity contribution < 1.29 is 22.7 Å². The molecule has 0 radical (unpaired) electrons. The van der Waals surface area contributed by atoms with Crippen molar-refractivity contribution >= 4 is 28.3 Å². The van der Waals surface area contributed by atoms with Gasteiger partial charge in [0.2, 0.25) is 15.9 Å². The van der Waals surface area contributed by atoms with Crippen LogP contribution in [-0.4, -0.2) is 75.5 Å². The summed E-state index contributed by atoms with van der Waals surface area (Å²) in [6.07, 6.45) is 1.55. The van der Waals surface area contributed by atoms with E-state index in [9.17, 15) is 13.2 Å². The Bertz CT molecular complexity index is 804.